The van der Waals surface area contributed by atoms with Gasteiger partial charge in [-0.05, 0) is 49.2 Å². The van der Waals surface area contributed by atoms with Gasteiger partial charge in [0.2, 0.25) is 9.84 Å². The Morgan fingerprint density at radius 1 is 1.11 bits per heavy atom. The molecule has 2 N–H and O–H groups in total. The number of sulfone groups is 1. The van der Waals surface area contributed by atoms with Crippen LogP contribution in [0.3, 0.4) is 0 Å². The van der Waals surface area contributed by atoms with Crippen molar-refractivity contribution in [3.05, 3.63) is 59.2 Å². The van der Waals surface area contributed by atoms with E-state index in [2.05, 4.69) is 17.6 Å². The Morgan fingerprint density at radius 3 is 2.57 bits per heavy atom. The number of piperidine rings is 1. The number of benzene rings is 2. The highest BCUT2D eigenvalue weighted by Crippen LogP contribution is 2.34. The third-order valence-electron chi connectivity index (χ3n) is 5.34. The lowest BCUT2D eigenvalue weighted by Gasteiger charge is -2.30. The van der Waals surface area contributed by atoms with Crippen molar-refractivity contribution in [3.63, 3.8) is 0 Å². The number of carbonyl (C=O) groups excluding carboxylic acids is 2. The lowest BCUT2D eigenvalue weighted by Crippen LogP contribution is -2.50. The summed E-state index contributed by atoms with van der Waals surface area (Å²) < 4.78 is 25.9. The molecular weight excluding hydrogens is 400 g/mol. The number of ketones is 1. The maximum Gasteiger partial charge on any atom is 0.251 e. The number of carbonyl (C=O) groups is 2. The Hall–Kier alpha value is -2.22. The zero-order chi connectivity index (χ0) is 19.2. The van der Waals surface area contributed by atoms with Crippen LogP contribution in [0, 0.1) is 5.92 Å². The van der Waals surface area contributed by atoms with Gasteiger partial charge in [-0.15, -0.1) is 12.4 Å². The molecule has 0 saturated carbocycles. The Bertz CT molecular complexity index is 1050. The fraction of sp³-hybridized carbons (Fsp3) is 0.300. The van der Waals surface area contributed by atoms with Crippen LogP contribution in [0.1, 0.15) is 39.6 Å². The van der Waals surface area contributed by atoms with Crippen molar-refractivity contribution in [2.24, 2.45) is 5.92 Å². The number of fused-ring (bicyclic) bond motifs is 2. The summed E-state index contributed by atoms with van der Waals surface area (Å²) in [6.07, 6.45) is 0.967. The summed E-state index contributed by atoms with van der Waals surface area (Å²) in [6, 6.07) is 10.4. The fourth-order valence-corrected chi connectivity index (χ4v) is 5.34. The monoisotopic (exact) mass is 420 g/mol. The highest BCUT2D eigenvalue weighted by molar-refractivity contribution is 7.91. The molecule has 1 amide bonds. The van der Waals surface area contributed by atoms with Crippen molar-refractivity contribution < 1.29 is 18.0 Å². The standard InChI is InChI=1S/C20H20N2O4S.ClH/c1-12-8-9-21-11-16(12)22-20(24)13-6-7-15-18(10-13)27(25,26)17-5-3-2-4-14(17)19(15)23;/h2-7,10,12,16,21H,8-9,11H2,1H3,(H,22,24);1H. The predicted octanol–water partition coefficient (Wildman–Crippen LogP) is 2.21. The van der Waals surface area contributed by atoms with Crippen LogP contribution < -0.4 is 10.6 Å². The molecule has 1 saturated heterocycles. The van der Waals surface area contributed by atoms with Crippen LogP contribution in [0.5, 0.6) is 0 Å². The summed E-state index contributed by atoms with van der Waals surface area (Å²) in [7, 11) is -3.85. The summed E-state index contributed by atoms with van der Waals surface area (Å²) in [5.74, 6) is -0.336. The number of nitrogens with one attached hydrogen (secondary N) is 2. The Labute approximate surface area is 170 Å². The largest absolute Gasteiger partial charge is 0.348 e. The maximum atomic E-state index is 13.0. The molecule has 2 aromatic carbocycles. The van der Waals surface area contributed by atoms with Crippen molar-refractivity contribution in [3.8, 4) is 0 Å². The van der Waals surface area contributed by atoms with Crippen LogP contribution in [-0.2, 0) is 9.84 Å². The Balaban J connectivity index is 0.00000225. The molecule has 2 unspecified atom stereocenters. The van der Waals surface area contributed by atoms with Gasteiger partial charge in [-0.3, -0.25) is 9.59 Å². The molecule has 2 aromatic rings. The van der Waals surface area contributed by atoms with Crippen LogP contribution in [0.25, 0.3) is 0 Å². The molecule has 28 heavy (non-hydrogen) atoms. The molecule has 6 nitrogen and oxygen atoms in total. The summed E-state index contributed by atoms with van der Waals surface area (Å²) in [5, 5.41) is 6.21. The molecule has 2 aliphatic rings. The quantitative estimate of drug-likeness (QED) is 0.663. The van der Waals surface area contributed by atoms with Gasteiger partial charge in [0.1, 0.15) is 0 Å². The van der Waals surface area contributed by atoms with E-state index in [0.29, 0.717) is 12.5 Å². The molecule has 0 aromatic heterocycles. The molecule has 0 radical (unpaired) electrons. The Morgan fingerprint density at radius 2 is 1.82 bits per heavy atom. The third-order valence-corrected chi connectivity index (χ3v) is 7.20. The van der Waals surface area contributed by atoms with E-state index in [0.717, 1.165) is 13.0 Å². The van der Waals surface area contributed by atoms with E-state index in [1.54, 1.807) is 12.1 Å². The molecule has 148 valence electrons. The zero-order valence-electron chi connectivity index (χ0n) is 15.3. The van der Waals surface area contributed by atoms with Crippen molar-refractivity contribution in [1.29, 1.82) is 0 Å². The Kier molecular flexibility index (Phi) is 5.61. The van der Waals surface area contributed by atoms with Gasteiger partial charge in [0.05, 0.1) is 9.79 Å². The zero-order valence-corrected chi connectivity index (χ0v) is 16.9. The normalized spacial score (nSPS) is 22.4. The first-order valence-corrected chi connectivity index (χ1v) is 10.4. The summed E-state index contributed by atoms with van der Waals surface area (Å²) >= 11 is 0. The van der Waals surface area contributed by atoms with Gasteiger partial charge in [-0.2, -0.15) is 0 Å². The number of halogens is 1. The molecule has 2 heterocycles. The van der Waals surface area contributed by atoms with Gasteiger partial charge in [0, 0.05) is 29.3 Å². The minimum absolute atomic E-state index is 0. The van der Waals surface area contributed by atoms with E-state index in [1.807, 2.05) is 0 Å². The van der Waals surface area contributed by atoms with Gasteiger partial charge in [-0.1, -0.05) is 19.1 Å². The van der Waals surface area contributed by atoms with Gasteiger partial charge in [0.15, 0.2) is 5.78 Å². The molecule has 8 heteroatoms. The molecule has 2 atom stereocenters. The minimum atomic E-state index is -3.85. The maximum absolute atomic E-state index is 13.0. The molecular formula is C20H21ClN2O4S. The van der Waals surface area contributed by atoms with E-state index < -0.39 is 9.84 Å². The number of amides is 1. The van der Waals surface area contributed by atoms with E-state index in [4.69, 9.17) is 0 Å². The molecule has 4 rings (SSSR count). The van der Waals surface area contributed by atoms with Crippen molar-refractivity contribution in [2.75, 3.05) is 13.1 Å². The van der Waals surface area contributed by atoms with Crippen LogP contribution >= 0.6 is 12.4 Å². The first kappa shape index (κ1) is 20.5. The average Bonchev–Trinajstić information content (AvgIpc) is 2.68. The second kappa shape index (κ2) is 7.66. The lowest BCUT2D eigenvalue weighted by atomic mass is 9.94. The molecule has 0 spiro atoms. The highest BCUT2D eigenvalue weighted by atomic mass is 35.5. The molecule has 2 aliphatic heterocycles. The van der Waals surface area contributed by atoms with Gasteiger partial charge in [0.25, 0.3) is 5.91 Å². The van der Waals surface area contributed by atoms with Crippen LogP contribution in [0.4, 0.5) is 0 Å². The third kappa shape index (κ3) is 3.34. The van der Waals surface area contributed by atoms with E-state index in [-0.39, 0.29) is 56.6 Å². The van der Waals surface area contributed by atoms with Crippen LogP contribution in [-0.4, -0.2) is 39.2 Å². The van der Waals surface area contributed by atoms with Crippen LogP contribution in [0.2, 0.25) is 0 Å². The first-order chi connectivity index (χ1) is 12.9. The number of rotatable bonds is 2. The van der Waals surface area contributed by atoms with E-state index in [9.17, 15) is 18.0 Å². The van der Waals surface area contributed by atoms with Gasteiger partial charge < -0.3 is 10.6 Å². The van der Waals surface area contributed by atoms with Gasteiger partial charge >= 0.3 is 0 Å². The average molecular weight is 421 g/mol. The summed E-state index contributed by atoms with van der Waals surface area (Å²) in [5.41, 5.74) is 0.518. The summed E-state index contributed by atoms with van der Waals surface area (Å²) in [4.78, 5) is 25.2. The topological polar surface area (TPSA) is 92.3 Å². The SMILES string of the molecule is CC1CCNCC1NC(=O)c1ccc2c(c1)S(=O)(=O)c1ccccc1C2=O.Cl. The molecule has 1 fully saturated rings. The molecule has 0 aliphatic carbocycles. The first-order valence-electron chi connectivity index (χ1n) is 8.94. The lowest BCUT2D eigenvalue weighted by molar-refractivity contribution is 0.0913. The molecule has 0 bridgehead atoms. The summed E-state index contributed by atoms with van der Waals surface area (Å²) in [6.45, 7) is 3.69. The second-order valence-electron chi connectivity index (χ2n) is 7.09. The van der Waals surface area contributed by atoms with Crippen molar-refractivity contribution >= 4 is 33.9 Å². The minimum Gasteiger partial charge on any atom is -0.348 e. The fourth-order valence-electron chi connectivity index (χ4n) is 3.66. The van der Waals surface area contributed by atoms with E-state index >= 15 is 0 Å². The van der Waals surface area contributed by atoms with Crippen LogP contribution in [0.15, 0.2) is 52.3 Å². The van der Waals surface area contributed by atoms with E-state index in [1.165, 1.54) is 30.3 Å². The number of hydrogen-bond acceptors (Lipinski definition) is 5. The van der Waals surface area contributed by atoms with Crippen molar-refractivity contribution in [1.82, 2.24) is 10.6 Å². The van der Waals surface area contributed by atoms with Crippen molar-refractivity contribution in [2.45, 2.75) is 29.2 Å². The predicted molar refractivity (Wildman–Crippen MR) is 107 cm³/mol. The second-order valence-corrected chi connectivity index (χ2v) is 8.98. The smallest absolute Gasteiger partial charge is 0.251 e. The number of hydrogen-bond donors (Lipinski definition) is 2. The highest BCUT2D eigenvalue weighted by Gasteiger charge is 2.35. The van der Waals surface area contributed by atoms with Gasteiger partial charge in [-0.25, -0.2) is 8.42 Å².